The summed E-state index contributed by atoms with van der Waals surface area (Å²) in [6.45, 7) is 2.02. The Bertz CT molecular complexity index is 1150. The van der Waals surface area contributed by atoms with E-state index < -0.39 is 12.0 Å². The number of amides is 2. The molecular formula is C23H22N4O5. The lowest BCUT2D eigenvalue weighted by Gasteiger charge is -2.10. The molecule has 1 atom stereocenters. The van der Waals surface area contributed by atoms with E-state index in [9.17, 15) is 14.4 Å². The number of fused-ring (bicyclic) bond motifs is 1. The number of esters is 1. The third kappa shape index (κ3) is 4.18. The van der Waals surface area contributed by atoms with Crippen LogP contribution in [0.3, 0.4) is 0 Å². The number of carbonyl (C=O) groups is 3. The summed E-state index contributed by atoms with van der Waals surface area (Å²) in [4.78, 5) is 36.8. The molecule has 9 heteroatoms. The Morgan fingerprint density at radius 2 is 1.84 bits per heavy atom. The van der Waals surface area contributed by atoms with E-state index >= 15 is 0 Å². The molecule has 2 N–H and O–H groups in total. The van der Waals surface area contributed by atoms with E-state index in [2.05, 4.69) is 15.7 Å². The fourth-order valence-electron chi connectivity index (χ4n) is 3.49. The first-order chi connectivity index (χ1) is 15.5. The molecule has 32 heavy (non-hydrogen) atoms. The molecule has 0 saturated carbocycles. The molecule has 1 aliphatic rings. The second-order valence-corrected chi connectivity index (χ2v) is 7.14. The van der Waals surface area contributed by atoms with Gasteiger partial charge in [0, 0.05) is 11.3 Å². The molecule has 9 nitrogen and oxygen atoms in total. The minimum absolute atomic E-state index is 0.0812. The highest BCUT2D eigenvalue weighted by Crippen LogP contribution is 2.36. The Kier molecular flexibility index (Phi) is 5.89. The lowest BCUT2D eigenvalue weighted by Crippen LogP contribution is -2.23. The topological polar surface area (TPSA) is 112 Å². The summed E-state index contributed by atoms with van der Waals surface area (Å²) in [5.41, 5.74) is 2.55. The lowest BCUT2D eigenvalue weighted by molar-refractivity contribution is -0.123. The molecule has 0 radical (unpaired) electrons. The van der Waals surface area contributed by atoms with E-state index in [0.717, 1.165) is 16.9 Å². The minimum atomic E-state index is -0.754. The molecule has 4 rings (SSSR count). The number of ether oxygens (including phenoxy) is 2. The molecule has 0 spiro atoms. The molecule has 0 saturated heterocycles. The van der Waals surface area contributed by atoms with E-state index in [1.54, 1.807) is 44.5 Å². The van der Waals surface area contributed by atoms with Crippen LogP contribution in [0.25, 0.3) is 11.1 Å². The van der Waals surface area contributed by atoms with Gasteiger partial charge in [-0.2, -0.15) is 5.10 Å². The highest BCUT2D eigenvalue weighted by molar-refractivity contribution is 6.04. The van der Waals surface area contributed by atoms with Gasteiger partial charge in [0.25, 0.3) is 5.91 Å². The van der Waals surface area contributed by atoms with Crippen LogP contribution in [0.5, 0.6) is 5.75 Å². The summed E-state index contributed by atoms with van der Waals surface area (Å²) in [5, 5.41) is 9.89. The summed E-state index contributed by atoms with van der Waals surface area (Å²) in [6, 6.07) is 13.0. The number of methoxy groups -OCH3 is 1. The second-order valence-electron chi connectivity index (χ2n) is 7.14. The van der Waals surface area contributed by atoms with Crippen LogP contribution in [0.1, 0.15) is 29.7 Å². The van der Waals surface area contributed by atoms with Crippen molar-refractivity contribution in [3.63, 3.8) is 0 Å². The number of carbonyl (C=O) groups excluding carboxylic acids is 3. The molecule has 2 heterocycles. The zero-order valence-corrected chi connectivity index (χ0v) is 17.6. The number of hydrogen-bond acceptors (Lipinski definition) is 6. The second kappa shape index (κ2) is 8.93. The van der Waals surface area contributed by atoms with Crippen LogP contribution in [0.2, 0.25) is 0 Å². The number of nitrogens with zero attached hydrogens (tertiary/aromatic N) is 2. The monoisotopic (exact) mass is 434 g/mol. The molecule has 2 aromatic carbocycles. The van der Waals surface area contributed by atoms with Gasteiger partial charge in [0.15, 0.2) is 0 Å². The van der Waals surface area contributed by atoms with E-state index in [0.29, 0.717) is 17.1 Å². The predicted octanol–water partition coefficient (Wildman–Crippen LogP) is 3.26. The number of rotatable bonds is 7. The fourth-order valence-corrected chi connectivity index (χ4v) is 3.49. The highest BCUT2D eigenvalue weighted by Gasteiger charge is 2.35. The highest BCUT2D eigenvalue weighted by atomic mass is 16.5. The van der Waals surface area contributed by atoms with E-state index in [1.807, 2.05) is 24.3 Å². The molecule has 164 valence electrons. The standard InChI is InChI=1S/C23H22N4O5/c1-3-32-23(30)15-4-8-16(9-5-15)25-20(28)12-19-22(29)26-21-18(13-24-27(19)21)14-6-10-17(31-2)11-7-14/h4-11,13,19H,3,12H2,1-2H3,(H,25,28)(H,26,29). The smallest absolute Gasteiger partial charge is 0.338 e. The molecule has 0 fully saturated rings. The van der Waals surface area contributed by atoms with Crippen LogP contribution in [-0.4, -0.2) is 41.3 Å². The van der Waals surface area contributed by atoms with Gasteiger partial charge in [0.2, 0.25) is 5.91 Å². The summed E-state index contributed by atoms with van der Waals surface area (Å²) >= 11 is 0. The fraction of sp³-hybridized carbons (Fsp3) is 0.217. The van der Waals surface area contributed by atoms with E-state index in [4.69, 9.17) is 9.47 Å². The molecule has 0 aliphatic carbocycles. The minimum Gasteiger partial charge on any atom is -0.497 e. The number of aromatic nitrogens is 2. The number of benzene rings is 2. The van der Waals surface area contributed by atoms with Gasteiger partial charge in [-0.05, 0) is 48.9 Å². The van der Waals surface area contributed by atoms with Crippen molar-refractivity contribution in [1.82, 2.24) is 9.78 Å². The Hall–Kier alpha value is -4.14. The maximum Gasteiger partial charge on any atom is 0.338 e. The summed E-state index contributed by atoms with van der Waals surface area (Å²) < 4.78 is 11.7. The Morgan fingerprint density at radius 3 is 2.50 bits per heavy atom. The third-order valence-electron chi connectivity index (χ3n) is 5.09. The van der Waals surface area contributed by atoms with Gasteiger partial charge >= 0.3 is 5.97 Å². The van der Waals surface area contributed by atoms with Crippen LogP contribution < -0.4 is 15.4 Å². The SMILES string of the molecule is CCOC(=O)c1ccc(NC(=O)CC2C(=O)Nc3c(-c4ccc(OC)cc4)cnn32)cc1. The van der Waals surface area contributed by atoms with Crippen LogP contribution >= 0.6 is 0 Å². The molecular weight excluding hydrogens is 412 g/mol. The van der Waals surface area contributed by atoms with Gasteiger partial charge < -0.3 is 20.1 Å². The predicted molar refractivity (Wildman–Crippen MR) is 118 cm³/mol. The van der Waals surface area contributed by atoms with Crippen molar-refractivity contribution in [3.05, 3.63) is 60.3 Å². The maximum absolute atomic E-state index is 12.6. The van der Waals surface area contributed by atoms with Crippen molar-refractivity contribution in [3.8, 4) is 16.9 Å². The van der Waals surface area contributed by atoms with Crippen molar-refractivity contribution in [2.24, 2.45) is 0 Å². The number of hydrogen-bond donors (Lipinski definition) is 2. The first-order valence-electron chi connectivity index (χ1n) is 10.1. The summed E-state index contributed by atoms with van der Waals surface area (Å²) in [6.07, 6.45) is 1.58. The van der Waals surface area contributed by atoms with Crippen molar-refractivity contribution < 1.29 is 23.9 Å². The van der Waals surface area contributed by atoms with Crippen LogP contribution in [0, 0.1) is 0 Å². The van der Waals surface area contributed by atoms with Gasteiger partial charge in [-0.3, -0.25) is 9.59 Å². The van der Waals surface area contributed by atoms with Crippen molar-refractivity contribution in [2.45, 2.75) is 19.4 Å². The normalized spacial score (nSPS) is 14.4. The molecule has 1 aliphatic heterocycles. The molecule has 0 bridgehead atoms. The quantitative estimate of drug-likeness (QED) is 0.552. The molecule has 1 aromatic heterocycles. The van der Waals surface area contributed by atoms with Gasteiger partial charge in [-0.1, -0.05) is 12.1 Å². The number of nitrogens with one attached hydrogen (secondary N) is 2. The Balaban J connectivity index is 1.44. The van der Waals surface area contributed by atoms with Crippen molar-refractivity contribution in [1.29, 1.82) is 0 Å². The van der Waals surface area contributed by atoms with Gasteiger partial charge in [-0.25, -0.2) is 9.48 Å². The lowest BCUT2D eigenvalue weighted by atomic mass is 10.1. The zero-order chi connectivity index (χ0) is 22.7. The molecule has 2 amide bonds. The van der Waals surface area contributed by atoms with E-state index in [1.165, 1.54) is 4.68 Å². The number of anilines is 2. The maximum atomic E-state index is 12.6. The molecule has 1 unspecified atom stereocenters. The Morgan fingerprint density at radius 1 is 1.12 bits per heavy atom. The van der Waals surface area contributed by atoms with Gasteiger partial charge in [0.05, 0.1) is 31.9 Å². The first kappa shape index (κ1) is 21.1. The third-order valence-corrected chi connectivity index (χ3v) is 5.09. The van der Waals surface area contributed by atoms with Crippen LogP contribution in [0.4, 0.5) is 11.5 Å². The van der Waals surface area contributed by atoms with Gasteiger partial charge in [0.1, 0.15) is 17.6 Å². The Labute approximate surface area is 184 Å². The molecule has 3 aromatic rings. The van der Waals surface area contributed by atoms with Gasteiger partial charge in [-0.15, -0.1) is 0 Å². The zero-order valence-electron chi connectivity index (χ0n) is 17.6. The van der Waals surface area contributed by atoms with Crippen LogP contribution in [0.15, 0.2) is 54.7 Å². The van der Waals surface area contributed by atoms with Crippen molar-refractivity contribution in [2.75, 3.05) is 24.4 Å². The largest absolute Gasteiger partial charge is 0.497 e. The average molecular weight is 434 g/mol. The van der Waals surface area contributed by atoms with Crippen molar-refractivity contribution >= 4 is 29.3 Å². The summed E-state index contributed by atoms with van der Waals surface area (Å²) in [5.74, 6) is 0.217. The average Bonchev–Trinajstić information content (AvgIpc) is 3.33. The van der Waals surface area contributed by atoms with E-state index in [-0.39, 0.29) is 24.8 Å². The summed E-state index contributed by atoms with van der Waals surface area (Å²) in [7, 11) is 1.59. The van der Waals surface area contributed by atoms with Crippen LogP contribution in [-0.2, 0) is 14.3 Å². The first-order valence-corrected chi connectivity index (χ1v) is 10.1.